The molecular formula is C14H13IO2S. The fourth-order valence-corrected chi connectivity index (χ4v) is 4.17. The summed E-state index contributed by atoms with van der Waals surface area (Å²) in [7, 11) is 0. The van der Waals surface area contributed by atoms with Gasteiger partial charge in [-0.25, -0.2) is 4.79 Å². The van der Waals surface area contributed by atoms with Crippen molar-refractivity contribution in [3.63, 3.8) is 0 Å². The topological polar surface area (TPSA) is 26.3 Å². The summed E-state index contributed by atoms with van der Waals surface area (Å²) in [4.78, 5) is 13.2. The third-order valence-corrected chi connectivity index (χ3v) is 5.56. The monoisotopic (exact) mass is 372 g/mol. The quantitative estimate of drug-likeness (QED) is 0.451. The highest BCUT2D eigenvalue weighted by atomic mass is 127. The van der Waals surface area contributed by atoms with Gasteiger partial charge in [-0.15, -0.1) is 11.3 Å². The van der Waals surface area contributed by atoms with Crippen LogP contribution in [0.2, 0.25) is 0 Å². The molecule has 0 bridgehead atoms. The van der Waals surface area contributed by atoms with Crippen LogP contribution < -0.4 is 0 Å². The lowest BCUT2D eigenvalue weighted by Crippen LogP contribution is -2.21. The van der Waals surface area contributed by atoms with Gasteiger partial charge in [0.1, 0.15) is 5.60 Å². The van der Waals surface area contributed by atoms with Crippen LogP contribution in [0.1, 0.15) is 35.0 Å². The Labute approximate surface area is 123 Å². The van der Waals surface area contributed by atoms with E-state index in [-0.39, 0.29) is 5.97 Å². The number of hydrogen-bond donors (Lipinski definition) is 0. The first-order valence-corrected chi connectivity index (χ1v) is 8.31. The zero-order valence-corrected chi connectivity index (χ0v) is 13.0. The van der Waals surface area contributed by atoms with E-state index in [1.54, 1.807) is 11.3 Å². The first-order valence-electron chi connectivity index (χ1n) is 5.97. The minimum Gasteiger partial charge on any atom is -0.450 e. The van der Waals surface area contributed by atoms with Crippen LogP contribution in [-0.4, -0.2) is 10.4 Å². The van der Waals surface area contributed by atoms with Crippen LogP contribution in [0.25, 0.3) is 10.1 Å². The Morgan fingerprint density at radius 3 is 2.94 bits per heavy atom. The van der Waals surface area contributed by atoms with E-state index in [1.807, 2.05) is 25.1 Å². The molecule has 2 aromatic rings. The molecule has 0 radical (unpaired) electrons. The van der Waals surface area contributed by atoms with Crippen LogP contribution in [0.5, 0.6) is 0 Å². The normalized spacial score (nSPS) is 22.2. The molecule has 0 fully saturated rings. The van der Waals surface area contributed by atoms with E-state index in [1.165, 1.54) is 4.70 Å². The van der Waals surface area contributed by atoms with E-state index in [4.69, 9.17) is 4.74 Å². The maximum absolute atomic E-state index is 12.1. The second-order valence-electron chi connectivity index (χ2n) is 4.72. The van der Waals surface area contributed by atoms with Crippen molar-refractivity contribution < 1.29 is 9.53 Å². The predicted octanol–water partition coefficient (Wildman–Crippen LogP) is 4.50. The first kappa shape index (κ1) is 12.4. The molecule has 0 amide bonds. The summed E-state index contributed by atoms with van der Waals surface area (Å²) in [6.07, 6.45) is 1.97. The third-order valence-electron chi connectivity index (χ3n) is 3.39. The van der Waals surface area contributed by atoms with Gasteiger partial charge in [0.25, 0.3) is 0 Å². The Balaban J connectivity index is 2.15. The second-order valence-corrected chi connectivity index (χ2v) is 6.85. The van der Waals surface area contributed by atoms with Crippen molar-refractivity contribution in [2.24, 2.45) is 0 Å². The molecule has 1 aromatic carbocycles. The number of rotatable bonds is 3. The molecule has 0 spiro atoms. The summed E-state index contributed by atoms with van der Waals surface area (Å²) in [5.41, 5.74) is 0.382. The van der Waals surface area contributed by atoms with Crippen molar-refractivity contribution in [1.82, 2.24) is 0 Å². The average molecular weight is 372 g/mol. The molecule has 18 heavy (non-hydrogen) atoms. The summed E-state index contributed by atoms with van der Waals surface area (Å²) in [5.74, 6) is -0.154. The van der Waals surface area contributed by atoms with Gasteiger partial charge in [0.15, 0.2) is 0 Å². The molecule has 0 saturated carbocycles. The molecule has 0 saturated heterocycles. The van der Waals surface area contributed by atoms with Crippen molar-refractivity contribution in [3.8, 4) is 0 Å². The number of carbonyl (C=O) groups is 1. The Kier molecular flexibility index (Phi) is 3.10. The van der Waals surface area contributed by atoms with Crippen molar-refractivity contribution >= 4 is 50.0 Å². The van der Waals surface area contributed by atoms with Crippen LogP contribution in [0.3, 0.4) is 0 Å². The van der Waals surface area contributed by atoms with Crippen LogP contribution >= 0.6 is 33.9 Å². The molecule has 1 atom stereocenters. The lowest BCUT2D eigenvalue weighted by molar-refractivity contribution is -0.00186. The van der Waals surface area contributed by atoms with Crippen LogP contribution in [0.15, 0.2) is 24.3 Å². The number of esters is 1. The number of hydrogen-bond acceptors (Lipinski definition) is 3. The molecule has 2 nitrogen and oxygen atoms in total. The summed E-state index contributed by atoms with van der Waals surface area (Å²) in [6.45, 7) is 2.04. The molecule has 0 N–H and O–H groups in total. The summed E-state index contributed by atoms with van der Waals surface area (Å²) in [5, 5.41) is 1.04. The zero-order valence-electron chi connectivity index (χ0n) is 10.0. The number of alkyl halides is 1. The van der Waals surface area contributed by atoms with Gasteiger partial charge in [-0.1, -0.05) is 40.8 Å². The van der Waals surface area contributed by atoms with Gasteiger partial charge in [-0.2, -0.15) is 0 Å². The SMILES string of the molecule is CC1(CCCI)OC(=O)c2c1sc1ccccc21. The van der Waals surface area contributed by atoms with Crippen LogP contribution in [0.4, 0.5) is 0 Å². The maximum Gasteiger partial charge on any atom is 0.340 e. The number of halogens is 1. The second kappa shape index (κ2) is 4.49. The van der Waals surface area contributed by atoms with Gasteiger partial charge < -0.3 is 4.74 Å². The lowest BCUT2D eigenvalue weighted by Gasteiger charge is -2.22. The fraction of sp³-hybridized carbons (Fsp3) is 0.357. The minimum atomic E-state index is -0.415. The Morgan fingerprint density at radius 2 is 2.17 bits per heavy atom. The van der Waals surface area contributed by atoms with Crippen molar-refractivity contribution in [3.05, 3.63) is 34.7 Å². The minimum absolute atomic E-state index is 0.154. The van der Waals surface area contributed by atoms with E-state index in [2.05, 4.69) is 28.7 Å². The molecule has 1 aliphatic heterocycles. The van der Waals surface area contributed by atoms with E-state index in [0.29, 0.717) is 0 Å². The van der Waals surface area contributed by atoms with Gasteiger partial charge in [0, 0.05) is 10.1 Å². The van der Waals surface area contributed by atoms with Gasteiger partial charge >= 0.3 is 5.97 Å². The molecule has 94 valence electrons. The number of cyclic esters (lactones) is 1. The highest BCUT2D eigenvalue weighted by Gasteiger charge is 2.44. The van der Waals surface area contributed by atoms with Gasteiger partial charge in [0.2, 0.25) is 0 Å². The van der Waals surface area contributed by atoms with E-state index in [0.717, 1.165) is 33.1 Å². The van der Waals surface area contributed by atoms with Crippen molar-refractivity contribution in [2.45, 2.75) is 25.4 Å². The molecular weight excluding hydrogens is 359 g/mol. The third kappa shape index (κ3) is 1.77. The van der Waals surface area contributed by atoms with Crippen molar-refractivity contribution in [2.75, 3.05) is 4.43 Å². The first-order chi connectivity index (χ1) is 8.65. The molecule has 2 heterocycles. The van der Waals surface area contributed by atoms with Gasteiger partial charge in [-0.3, -0.25) is 0 Å². The van der Waals surface area contributed by atoms with Crippen molar-refractivity contribution in [1.29, 1.82) is 0 Å². The number of ether oxygens (including phenoxy) is 1. The Hall–Kier alpha value is -0.620. The van der Waals surface area contributed by atoms with Gasteiger partial charge in [0.05, 0.1) is 10.4 Å². The number of thiophene rings is 1. The molecule has 1 aromatic heterocycles. The standard InChI is InChI=1S/C14H13IO2S/c1-14(7-4-8-15)12-11(13(16)17-14)9-5-2-3-6-10(9)18-12/h2-3,5-6H,4,7-8H2,1H3. The zero-order chi connectivity index (χ0) is 12.8. The van der Waals surface area contributed by atoms with E-state index in [9.17, 15) is 4.79 Å². The molecule has 1 unspecified atom stereocenters. The predicted molar refractivity (Wildman–Crippen MR) is 82.7 cm³/mol. The molecule has 1 aliphatic rings. The highest BCUT2D eigenvalue weighted by molar-refractivity contribution is 14.1. The largest absolute Gasteiger partial charge is 0.450 e. The number of benzene rings is 1. The summed E-state index contributed by atoms with van der Waals surface area (Å²) >= 11 is 4.06. The maximum atomic E-state index is 12.1. The van der Waals surface area contributed by atoms with Crippen LogP contribution in [-0.2, 0) is 10.3 Å². The Morgan fingerprint density at radius 1 is 1.39 bits per heavy atom. The summed E-state index contributed by atoms with van der Waals surface area (Å²) < 4.78 is 7.91. The number of carbonyl (C=O) groups excluding carboxylic acids is 1. The number of fused-ring (bicyclic) bond motifs is 3. The van der Waals surface area contributed by atoms with Crippen LogP contribution in [0, 0.1) is 0 Å². The van der Waals surface area contributed by atoms with E-state index >= 15 is 0 Å². The smallest absolute Gasteiger partial charge is 0.340 e. The average Bonchev–Trinajstić information content (AvgIpc) is 2.86. The molecule has 4 heteroatoms. The molecule has 3 rings (SSSR count). The summed E-state index contributed by atoms with van der Waals surface area (Å²) in [6, 6.07) is 8.07. The highest BCUT2D eigenvalue weighted by Crippen LogP contribution is 2.47. The van der Waals surface area contributed by atoms with E-state index < -0.39 is 5.60 Å². The lowest BCUT2D eigenvalue weighted by atomic mass is 9.97. The fourth-order valence-electron chi connectivity index (χ4n) is 2.49. The Bertz CT molecular complexity index is 619. The van der Waals surface area contributed by atoms with Gasteiger partial charge in [-0.05, 0) is 30.3 Å². The molecule has 0 aliphatic carbocycles.